The highest BCUT2D eigenvalue weighted by molar-refractivity contribution is 5.79. The number of aromatic nitrogens is 2. The van der Waals surface area contributed by atoms with E-state index in [4.69, 9.17) is 4.74 Å². The van der Waals surface area contributed by atoms with Crippen molar-refractivity contribution >= 4 is 5.96 Å². The normalized spacial score (nSPS) is 12.8. The van der Waals surface area contributed by atoms with Gasteiger partial charge in [-0.1, -0.05) is 30.3 Å². The number of hydrogen-bond donors (Lipinski definition) is 2. The van der Waals surface area contributed by atoms with Crippen LogP contribution in [0.25, 0.3) is 0 Å². The zero-order valence-corrected chi connectivity index (χ0v) is 17.0. The van der Waals surface area contributed by atoms with Gasteiger partial charge in [0.2, 0.25) is 0 Å². The van der Waals surface area contributed by atoms with E-state index in [1.807, 2.05) is 25.1 Å². The lowest BCUT2D eigenvalue weighted by molar-refractivity contribution is 0.0646. The summed E-state index contributed by atoms with van der Waals surface area (Å²) in [6.07, 6.45) is 2.06. The van der Waals surface area contributed by atoms with Gasteiger partial charge in [-0.15, -0.1) is 0 Å². The largest absolute Gasteiger partial charge is 0.374 e. The van der Waals surface area contributed by atoms with Crippen molar-refractivity contribution in [1.29, 1.82) is 0 Å². The maximum atomic E-state index is 5.89. The van der Waals surface area contributed by atoms with Gasteiger partial charge in [-0.2, -0.15) is 5.10 Å². The zero-order valence-electron chi connectivity index (χ0n) is 17.0. The quantitative estimate of drug-likeness (QED) is 0.382. The minimum Gasteiger partial charge on any atom is -0.374 e. The first kappa shape index (κ1) is 21.0. The zero-order chi connectivity index (χ0) is 19.5. The molecular weight excluding hydrogens is 338 g/mol. The molecule has 0 amide bonds. The Labute approximate surface area is 163 Å². The summed E-state index contributed by atoms with van der Waals surface area (Å²) in [6, 6.07) is 12.4. The summed E-state index contributed by atoms with van der Waals surface area (Å²) >= 11 is 0. The Hall–Kier alpha value is -2.34. The molecule has 1 aromatic heterocycles. The van der Waals surface area contributed by atoms with E-state index < -0.39 is 0 Å². The number of aliphatic imine (C=N–C) groups is 1. The van der Waals surface area contributed by atoms with Crippen LogP contribution in [0.15, 0.2) is 41.4 Å². The molecule has 0 saturated heterocycles. The number of guanidine groups is 1. The number of benzene rings is 1. The second kappa shape index (κ2) is 11.4. The molecule has 0 fully saturated rings. The molecule has 2 N–H and O–H groups in total. The van der Waals surface area contributed by atoms with Crippen molar-refractivity contribution in [3.05, 3.63) is 53.3 Å². The highest BCUT2D eigenvalue weighted by Gasteiger charge is 2.05. The van der Waals surface area contributed by atoms with E-state index in [9.17, 15) is 0 Å². The number of nitrogens with one attached hydrogen (secondary N) is 2. The smallest absolute Gasteiger partial charge is 0.190 e. The van der Waals surface area contributed by atoms with Crippen LogP contribution in [0.3, 0.4) is 0 Å². The molecule has 1 aromatic carbocycles. The minimum atomic E-state index is 0.123. The fourth-order valence-electron chi connectivity index (χ4n) is 2.92. The summed E-state index contributed by atoms with van der Waals surface area (Å²) < 4.78 is 7.95. The molecule has 6 nitrogen and oxygen atoms in total. The lowest BCUT2D eigenvalue weighted by Crippen LogP contribution is -2.38. The molecule has 2 rings (SSSR count). The molecule has 0 aliphatic carbocycles. The van der Waals surface area contributed by atoms with E-state index in [1.165, 1.54) is 11.3 Å². The maximum absolute atomic E-state index is 5.89. The molecule has 0 aliphatic rings. The molecule has 0 radical (unpaired) electrons. The second-order valence-electron chi connectivity index (χ2n) is 6.71. The fourth-order valence-corrected chi connectivity index (χ4v) is 2.92. The number of hydrogen-bond acceptors (Lipinski definition) is 3. The van der Waals surface area contributed by atoms with Crippen LogP contribution < -0.4 is 10.6 Å². The molecule has 27 heavy (non-hydrogen) atoms. The van der Waals surface area contributed by atoms with Crippen LogP contribution in [0.4, 0.5) is 0 Å². The minimum absolute atomic E-state index is 0.123. The van der Waals surface area contributed by atoms with E-state index in [0.717, 1.165) is 50.7 Å². The molecule has 0 saturated carbocycles. The SMILES string of the molecule is CN=C(NCCCOC(C)c1ccccc1)NCCCn1nc(C)cc1C. The van der Waals surface area contributed by atoms with Crippen molar-refractivity contribution in [3.8, 4) is 0 Å². The summed E-state index contributed by atoms with van der Waals surface area (Å²) in [5.74, 6) is 0.833. The van der Waals surface area contributed by atoms with Crippen molar-refractivity contribution in [2.45, 2.75) is 46.3 Å². The first-order valence-electron chi connectivity index (χ1n) is 9.72. The van der Waals surface area contributed by atoms with Gasteiger partial charge in [-0.05, 0) is 45.2 Å². The van der Waals surface area contributed by atoms with E-state index in [-0.39, 0.29) is 6.10 Å². The average Bonchev–Trinajstić information content (AvgIpc) is 3.00. The highest BCUT2D eigenvalue weighted by Crippen LogP contribution is 2.15. The topological polar surface area (TPSA) is 63.5 Å². The highest BCUT2D eigenvalue weighted by atomic mass is 16.5. The monoisotopic (exact) mass is 371 g/mol. The van der Waals surface area contributed by atoms with E-state index >= 15 is 0 Å². The van der Waals surface area contributed by atoms with Crippen LogP contribution in [0.2, 0.25) is 0 Å². The molecule has 2 aromatic rings. The van der Waals surface area contributed by atoms with Crippen molar-refractivity contribution in [3.63, 3.8) is 0 Å². The summed E-state index contributed by atoms with van der Waals surface area (Å²) in [6.45, 7) is 9.53. The third kappa shape index (κ3) is 7.43. The summed E-state index contributed by atoms with van der Waals surface area (Å²) in [5, 5.41) is 11.2. The Balaban J connectivity index is 1.55. The predicted molar refractivity (Wildman–Crippen MR) is 111 cm³/mol. The van der Waals surface area contributed by atoms with Crippen LogP contribution in [0, 0.1) is 13.8 Å². The Morgan fingerprint density at radius 1 is 1.15 bits per heavy atom. The van der Waals surface area contributed by atoms with Crippen molar-refractivity contribution in [1.82, 2.24) is 20.4 Å². The molecule has 0 aliphatic heterocycles. The molecular formula is C21H33N5O. The first-order valence-corrected chi connectivity index (χ1v) is 9.72. The molecule has 1 atom stereocenters. The molecule has 148 valence electrons. The summed E-state index contributed by atoms with van der Waals surface area (Å²) in [5.41, 5.74) is 3.49. The van der Waals surface area contributed by atoms with Crippen LogP contribution in [0.5, 0.6) is 0 Å². The number of rotatable bonds is 10. The van der Waals surface area contributed by atoms with Gasteiger partial charge in [0.05, 0.1) is 11.8 Å². The fraction of sp³-hybridized carbons (Fsp3) is 0.524. The van der Waals surface area contributed by atoms with Gasteiger partial charge in [0.15, 0.2) is 5.96 Å². The predicted octanol–water partition coefficient (Wildman–Crippen LogP) is 3.22. The van der Waals surface area contributed by atoms with Crippen molar-refractivity contribution in [2.24, 2.45) is 4.99 Å². The number of aryl methyl sites for hydroxylation is 3. The van der Waals surface area contributed by atoms with E-state index in [2.05, 4.69) is 57.5 Å². The van der Waals surface area contributed by atoms with E-state index in [0.29, 0.717) is 0 Å². The van der Waals surface area contributed by atoms with Gasteiger partial charge in [-0.3, -0.25) is 9.67 Å². The van der Waals surface area contributed by atoms with Gasteiger partial charge in [0.25, 0.3) is 0 Å². The standard InChI is InChI=1S/C21H33N5O/c1-17-16-18(2)26(25-17)14-8-12-23-21(22-4)24-13-9-15-27-19(3)20-10-6-5-7-11-20/h5-7,10-11,16,19H,8-9,12-15H2,1-4H3,(H2,22,23,24). The van der Waals surface area contributed by atoms with Gasteiger partial charge >= 0.3 is 0 Å². The van der Waals surface area contributed by atoms with Crippen LogP contribution >= 0.6 is 0 Å². The molecule has 1 unspecified atom stereocenters. The van der Waals surface area contributed by atoms with Gasteiger partial charge in [-0.25, -0.2) is 0 Å². The Morgan fingerprint density at radius 2 is 1.85 bits per heavy atom. The lowest BCUT2D eigenvalue weighted by Gasteiger charge is -2.15. The van der Waals surface area contributed by atoms with Gasteiger partial charge in [0, 0.05) is 39.0 Å². The molecule has 0 bridgehead atoms. The van der Waals surface area contributed by atoms with Gasteiger partial charge in [0.1, 0.15) is 0 Å². The third-order valence-electron chi connectivity index (χ3n) is 4.42. The maximum Gasteiger partial charge on any atom is 0.190 e. The summed E-state index contributed by atoms with van der Waals surface area (Å²) in [7, 11) is 1.80. The molecule has 0 spiro atoms. The Bertz CT molecular complexity index is 696. The Morgan fingerprint density at radius 3 is 2.48 bits per heavy atom. The number of nitrogens with zero attached hydrogens (tertiary/aromatic N) is 3. The molecule has 1 heterocycles. The first-order chi connectivity index (χ1) is 13.1. The second-order valence-corrected chi connectivity index (χ2v) is 6.71. The number of ether oxygens (including phenoxy) is 1. The summed E-state index contributed by atoms with van der Waals surface area (Å²) in [4.78, 5) is 4.27. The molecule has 6 heteroatoms. The Kier molecular flexibility index (Phi) is 8.84. The van der Waals surface area contributed by atoms with Crippen LogP contribution in [-0.4, -0.2) is 42.5 Å². The van der Waals surface area contributed by atoms with Crippen molar-refractivity contribution in [2.75, 3.05) is 26.7 Å². The van der Waals surface area contributed by atoms with Gasteiger partial charge < -0.3 is 15.4 Å². The average molecular weight is 372 g/mol. The third-order valence-corrected chi connectivity index (χ3v) is 4.42. The van der Waals surface area contributed by atoms with Crippen LogP contribution in [-0.2, 0) is 11.3 Å². The van der Waals surface area contributed by atoms with E-state index in [1.54, 1.807) is 7.05 Å². The van der Waals surface area contributed by atoms with Crippen molar-refractivity contribution < 1.29 is 4.74 Å². The van der Waals surface area contributed by atoms with Crippen LogP contribution in [0.1, 0.15) is 42.8 Å². The lowest BCUT2D eigenvalue weighted by atomic mass is 10.1.